The van der Waals surface area contributed by atoms with Crippen LogP contribution in [0.4, 0.5) is 0 Å². The zero-order chi connectivity index (χ0) is 15.1. The van der Waals surface area contributed by atoms with Crippen molar-refractivity contribution in [3.05, 3.63) is 70.2 Å². The summed E-state index contributed by atoms with van der Waals surface area (Å²) in [6.07, 6.45) is 0. The van der Waals surface area contributed by atoms with Crippen molar-refractivity contribution in [2.45, 2.75) is 6.54 Å². The molecule has 106 valence electrons. The van der Waals surface area contributed by atoms with Crippen molar-refractivity contribution in [3.8, 4) is 11.8 Å². The van der Waals surface area contributed by atoms with Gasteiger partial charge in [0, 0.05) is 22.7 Å². The van der Waals surface area contributed by atoms with Crippen LogP contribution in [0.15, 0.2) is 48.5 Å². The van der Waals surface area contributed by atoms with Crippen molar-refractivity contribution in [2.75, 3.05) is 6.61 Å². The van der Waals surface area contributed by atoms with Crippen LogP contribution >= 0.6 is 11.6 Å². The number of nitrogens with one attached hydrogen (secondary N) is 1. The molecule has 0 heterocycles. The van der Waals surface area contributed by atoms with E-state index in [1.165, 1.54) is 0 Å². The second-order valence-corrected chi connectivity index (χ2v) is 4.79. The van der Waals surface area contributed by atoms with Gasteiger partial charge in [-0.05, 0) is 42.0 Å². The Morgan fingerprint density at radius 1 is 1.19 bits per heavy atom. The van der Waals surface area contributed by atoms with Crippen LogP contribution < -0.4 is 5.32 Å². The molecule has 4 heteroatoms. The average Bonchev–Trinajstić information content (AvgIpc) is 2.51. The smallest absolute Gasteiger partial charge is 0.251 e. The van der Waals surface area contributed by atoms with E-state index in [1.807, 2.05) is 18.2 Å². The van der Waals surface area contributed by atoms with Gasteiger partial charge in [0.1, 0.15) is 6.61 Å². The molecule has 0 aliphatic rings. The maximum absolute atomic E-state index is 12.0. The van der Waals surface area contributed by atoms with E-state index in [-0.39, 0.29) is 12.5 Å². The Balaban J connectivity index is 1.97. The SMILES string of the molecule is O=C(NCc1cccc(Cl)c1)c1ccc(C#CCO)cc1. The number of aliphatic hydroxyl groups is 1. The highest BCUT2D eigenvalue weighted by Gasteiger charge is 2.04. The molecule has 0 spiro atoms. The van der Waals surface area contributed by atoms with Crippen molar-refractivity contribution in [1.82, 2.24) is 5.32 Å². The van der Waals surface area contributed by atoms with Crippen LogP contribution in [0.5, 0.6) is 0 Å². The van der Waals surface area contributed by atoms with Gasteiger partial charge in [-0.2, -0.15) is 0 Å². The molecule has 0 aliphatic heterocycles. The first-order valence-corrected chi connectivity index (χ1v) is 6.79. The molecule has 3 nitrogen and oxygen atoms in total. The fraction of sp³-hybridized carbons (Fsp3) is 0.118. The first-order chi connectivity index (χ1) is 10.2. The molecule has 2 aromatic carbocycles. The number of carbonyl (C=O) groups is 1. The van der Waals surface area contributed by atoms with E-state index in [0.29, 0.717) is 17.1 Å². The summed E-state index contributed by atoms with van der Waals surface area (Å²) in [4.78, 5) is 12.0. The largest absolute Gasteiger partial charge is 0.384 e. The first kappa shape index (κ1) is 15.1. The van der Waals surface area contributed by atoms with Gasteiger partial charge in [-0.15, -0.1) is 0 Å². The normalized spacial score (nSPS) is 9.62. The molecule has 2 aromatic rings. The molecule has 2 rings (SSSR count). The fourth-order valence-corrected chi connectivity index (χ4v) is 1.99. The van der Waals surface area contributed by atoms with Gasteiger partial charge in [-0.3, -0.25) is 4.79 Å². The molecule has 0 radical (unpaired) electrons. The number of hydrogen-bond donors (Lipinski definition) is 2. The second kappa shape index (κ2) is 7.49. The third kappa shape index (κ3) is 4.64. The number of carbonyl (C=O) groups excluding carboxylic acids is 1. The highest BCUT2D eigenvalue weighted by Crippen LogP contribution is 2.10. The van der Waals surface area contributed by atoms with Crippen LogP contribution in [0.2, 0.25) is 5.02 Å². The summed E-state index contributed by atoms with van der Waals surface area (Å²) in [6, 6.07) is 14.3. The van der Waals surface area contributed by atoms with E-state index in [9.17, 15) is 4.79 Å². The summed E-state index contributed by atoms with van der Waals surface area (Å²) in [5.41, 5.74) is 2.27. The third-order valence-corrected chi connectivity index (χ3v) is 3.04. The van der Waals surface area contributed by atoms with E-state index < -0.39 is 0 Å². The molecule has 2 N–H and O–H groups in total. The summed E-state index contributed by atoms with van der Waals surface area (Å²) in [5, 5.41) is 12.1. The molecule has 0 fully saturated rings. The van der Waals surface area contributed by atoms with Crippen molar-refractivity contribution in [3.63, 3.8) is 0 Å². The monoisotopic (exact) mass is 299 g/mol. The lowest BCUT2D eigenvalue weighted by Crippen LogP contribution is -2.22. The highest BCUT2D eigenvalue weighted by molar-refractivity contribution is 6.30. The standard InChI is InChI=1S/C17H14ClNO2/c18-16-5-1-3-14(11-16)12-19-17(21)15-8-6-13(7-9-15)4-2-10-20/h1,3,5-9,11,20H,10,12H2,(H,19,21). The molecule has 0 saturated carbocycles. The van der Waals surface area contributed by atoms with E-state index >= 15 is 0 Å². The lowest BCUT2D eigenvalue weighted by atomic mass is 10.1. The molecule has 0 aromatic heterocycles. The predicted molar refractivity (Wildman–Crippen MR) is 83.0 cm³/mol. The maximum Gasteiger partial charge on any atom is 0.251 e. The predicted octanol–water partition coefficient (Wildman–Crippen LogP) is 2.61. The van der Waals surface area contributed by atoms with Gasteiger partial charge in [-0.1, -0.05) is 35.6 Å². The Morgan fingerprint density at radius 3 is 2.62 bits per heavy atom. The second-order valence-electron chi connectivity index (χ2n) is 4.35. The molecule has 0 aliphatic carbocycles. The number of halogens is 1. The summed E-state index contributed by atoms with van der Waals surface area (Å²) >= 11 is 5.89. The van der Waals surface area contributed by atoms with Gasteiger partial charge < -0.3 is 10.4 Å². The lowest BCUT2D eigenvalue weighted by Gasteiger charge is -2.06. The Morgan fingerprint density at radius 2 is 1.95 bits per heavy atom. The van der Waals surface area contributed by atoms with Crippen LogP contribution in [-0.4, -0.2) is 17.6 Å². The fourth-order valence-electron chi connectivity index (χ4n) is 1.78. The number of rotatable bonds is 3. The van der Waals surface area contributed by atoms with Crippen molar-refractivity contribution in [1.29, 1.82) is 0 Å². The average molecular weight is 300 g/mol. The summed E-state index contributed by atoms with van der Waals surface area (Å²) in [7, 11) is 0. The quantitative estimate of drug-likeness (QED) is 0.856. The van der Waals surface area contributed by atoms with Crippen LogP contribution in [0.3, 0.4) is 0 Å². The molecule has 1 amide bonds. The number of amides is 1. The van der Waals surface area contributed by atoms with E-state index in [0.717, 1.165) is 11.1 Å². The van der Waals surface area contributed by atoms with Gasteiger partial charge in [-0.25, -0.2) is 0 Å². The van der Waals surface area contributed by atoms with E-state index in [2.05, 4.69) is 17.2 Å². The Kier molecular flexibility index (Phi) is 5.39. The van der Waals surface area contributed by atoms with Crippen molar-refractivity contribution < 1.29 is 9.90 Å². The van der Waals surface area contributed by atoms with Crippen LogP contribution in [0.1, 0.15) is 21.5 Å². The Hall–Kier alpha value is -2.28. The first-order valence-electron chi connectivity index (χ1n) is 6.41. The molecule has 0 unspecified atom stereocenters. The van der Waals surface area contributed by atoms with Crippen LogP contribution in [0.25, 0.3) is 0 Å². The molecule has 0 saturated heterocycles. The van der Waals surface area contributed by atoms with Crippen molar-refractivity contribution in [2.24, 2.45) is 0 Å². The van der Waals surface area contributed by atoms with Gasteiger partial charge >= 0.3 is 0 Å². The van der Waals surface area contributed by atoms with E-state index in [1.54, 1.807) is 30.3 Å². The topological polar surface area (TPSA) is 49.3 Å². The maximum atomic E-state index is 12.0. The third-order valence-electron chi connectivity index (χ3n) is 2.80. The number of aliphatic hydroxyl groups excluding tert-OH is 1. The highest BCUT2D eigenvalue weighted by atomic mass is 35.5. The van der Waals surface area contributed by atoms with Gasteiger partial charge in [0.05, 0.1) is 0 Å². The molecule has 0 bridgehead atoms. The number of hydrogen-bond acceptors (Lipinski definition) is 2. The minimum absolute atomic E-state index is 0.156. The zero-order valence-electron chi connectivity index (χ0n) is 11.3. The lowest BCUT2D eigenvalue weighted by molar-refractivity contribution is 0.0951. The molecule has 21 heavy (non-hydrogen) atoms. The van der Waals surface area contributed by atoms with Crippen LogP contribution in [-0.2, 0) is 6.54 Å². The molecular formula is C17H14ClNO2. The summed E-state index contributed by atoms with van der Waals surface area (Å²) < 4.78 is 0. The molecular weight excluding hydrogens is 286 g/mol. The minimum atomic E-state index is -0.179. The summed E-state index contributed by atoms with van der Waals surface area (Å²) in [6.45, 7) is 0.243. The summed E-state index contributed by atoms with van der Waals surface area (Å²) in [5.74, 6) is 5.18. The molecule has 0 atom stereocenters. The zero-order valence-corrected chi connectivity index (χ0v) is 12.0. The number of benzene rings is 2. The Labute approximate surface area is 128 Å². The van der Waals surface area contributed by atoms with Crippen LogP contribution in [0, 0.1) is 11.8 Å². The minimum Gasteiger partial charge on any atom is -0.384 e. The van der Waals surface area contributed by atoms with Gasteiger partial charge in [0.2, 0.25) is 0 Å². The van der Waals surface area contributed by atoms with Gasteiger partial charge in [0.25, 0.3) is 5.91 Å². The van der Waals surface area contributed by atoms with Crippen molar-refractivity contribution >= 4 is 17.5 Å². The Bertz CT molecular complexity index is 684. The van der Waals surface area contributed by atoms with Gasteiger partial charge in [0.15, 0.2) is 0 Å². The van der Waals surface area contributed by atoms with E-state index in [4.69, 9.17) is 16.7 Å².